The van der Waals surface area contributed by atoms with Crippen molar-refractivity contribution < 1.29 is 0 Å². The number of nitrogen functional groups attached to an aromatic ring is 1. The van der Waals surface area contributed by atoms with Crippen molar-refractivity contribution in [3.05, 3.63) is 30.5 Å². The van der Waals surface area contributed by atoms with Crippen LogP contribution in [0.3, 0.4) is 0 Å². The Morgan fingerprint density at radius 2 is 2.12 bits per heavy atom. The van der Waals surface area contributed by atoms with Crippen molar-refractivity contribution in [2.24, 2.45) is 0 Å². The van der Waals surface area contributed by atoms with Gasteiger partial charge in [-0.25, -0.2) is 0 Å². The van der Waals surface area contributed by atoms with Gasteiger partial charge in [0.1, 0.15) is 0 Å². The minimum absolute atomic E-state index is 0.226. The molecule has 17 heavy (non-hydrogen) atoms. The molecule has 1 fully saturated rings. The number of nitrogens with two attached hydrogens (primary N) is 1. The fourth-order valence-corrected chi connectivity index (χ4v) is 2.44. The molecule has 1 heterocycles. The zero-order chi connectivity index (χ0) is 11.9. The van der Waals surface area contributed by atoms with Crippen molar-refractivity contribution >= 4 is 22.3 Å². The van der Waals surface area contributed by atoms with E-state index in [1.165, 1.54) is 19.3 Å². The van der Waals surface area contributed by atoms with E-state index in [1.54, 1.807) is 6.20 Å². The molecule has 0 bridgehead atoms. The molecule has 0 spiro atoms. The monoisotopic (exact) mass is 227 g/mol. The molecule has 1 aliphatic carbocycles. The first-order chi connectivity index (χ1) is 8.18. The van der Waals surface area contributed by atoms with E-state index in [0.717, 1.165) is 22.3 Å². The van der Waals surface area contributed by atoms with Crippen molar-refractivity contribution in [2.75, 3.05) is 11.1 Å². The van der Waals surface area contributed by atoms with Gasteiger partial charge in [0.2, 0.25) is 0 Å². The Kier molecular flexibility index (Phi) is 2.21. The van der Waals surface area contributed by atoms with Crippen LogP contribution in [0.5, 0.6) is 0 Å². The molecular weight excluding hydrogens is 210 g/mol. The number of nitrogens with one attached hydrogen (secondary N) is 1. The lowest BCUT2D eigenvalue weighted by Crippen LogP contribution is -2.41. The first-order valence-corrected chi connectivity index (χ1v) is 6.09. The second-order valence-corrected chi connectivity index (χ2v) is 5.14. The largest absolute Gasteiger partial charge is 0.397 e. The zero-order valence-electron chi connectivity index (χ0n) is 10.0. The van der Waals surface area contributed by atoms with E-state index in [2.05, 4.69) is 17.2 Å². The fourth-order valence-electron chi connectivity index (χ4n) is 2.44. The van der Waals surface area contributed by atoms with E-state index >= 15 is 0 Å². The summed E-state index contributed by atoms with van der Waals surface area (Å²) >= 11 is 0. The summed E-state index contributed by atoms with van der Waals surface area (Å²) in [4.78, 5) is 4.31. The van der Waals surface area contributed by atoms with E-state index in [9.17, 15) is 0 Å². The van der Waals surface area contributed by atoms with E-state index < -0.39 is 0 Å². The molecule has 0 radical (unpaired) electrons. The van der Waals surface area contributed by atoms with Crippen LogP contribution in [-0.4, -0.2) is 10.5 Å². The lowest BCUT2D eigenvalue weighted by molar-refractivity contribution is 0.307. The Labute approximate surface area is 101 Å². The first-order valence-electron chi connectivity index (χ1n) is 6.09. The van der Waals surface area contributed by atoms with Gasteiger partial charge in [-0.1, -0.05) is 0 Å². The standard InChI is InChI=1S/C14H17N3/c1-14(7-3-8-14)17-12-6-5-11-10(13(12)15)4-2-9-16-11/h2,4-6,9,17H,3,7-8,15H2,1H3. The lowest BCUT2D eigenvalue weighted by Gasteiger charge is -2.40. The van der Waals surface area contributed by atoms with Crippen LogP contribution < -0.4 is 11.1 Å². The van der Waals surface area contributed by atoms with Crippen LogP contribution in [0.25, 0.3) is 10.9 Å². The van der Waals surface area contributed by atoms with Gasteiger partial charge in [-0.05, 0) is 50.5 Å². The number of benzene rings is 1. The molecule has 1 aromatic heterocycles. The SMILES string of the molecule is CC1(Nc2ccc3ncccc3c2N)CCC1. The number of rotatable bonds is 2. The molecule has 0 atom stereocenters. The molecule has 2 aromatic rings. The molecule has 3 heteroatoms. The number of pyridine rings is 1. The number of anilines is 2. The highest BCUT2D eigenvalue weighted by Gasteiger charge is 2.31. The molecule has 1 aromatic carbocycles. The summed E-state index contributed by atoms with van der Waals surface area (Å²) in [5, 5.41) is 4.59. The topological polar surface area (TPSA) is 50.9 Å². The number of fused-ring (bicyclic) bond motifs is 1. The Bertz CT molecular complexity index is 558. The molecule has 1 saturated carbocycles. The van der Waals surface area contributed by atoms with Gasteiger partial charge >= 0.3 is 0 Å². The Balaban J connectivity index is 2.02. The van der Waals surface area contributed by atoms with Gasteiger partial charge in [0.05, 0.1) is 16.9 Å². The summed E-state index contributed by atoms with van der Waals surface area (Å²) in [5.41, 5.74) is 9.23. The summed E-state index contributed by atoms with van der Waals surface area (Å²) in [5.74, 6) is 0. The van der Waals surface area contributed by atoms with E-state index in [4.69, 9.17) is 5.73 Å². The zero-order valence-corrected chi connectivity index (χ0v) is 10.0. The summed E-state index contributed by atoms with van der Waals surface area (Å²) in [6, 6.07) is 8.00. The summed E-state index contributed by atoms with van der Waals surface area (Å²) in [6.45, 7) is 2.25. The van der Waals surface area contributed by atoms with Crippen LogP contribution in [-0.2, 0) is 0 Å². The predicted molar refractivity (Wildman–Crippen MR) is 72.0 cm³/mol. The van der Waals surface area contributed by atoms with Crippen LogP contribution in [0.15, 0.2) is 30.5 Å². The summed E-state index contributed by atoms with van der Waals surface area (Å²) in [6.07, 6.45) is 5.54. The Morgan fingerprint density at radius 3 is 2.82 bits per heavy atom. The summed E-state index contributed by atoms with van der Waals surface area (Å²) in [7, 11) is 0. The van der Waals surface area contributed by atoms with Gasteiger partial charge in [-0.3, -0.25) is 4.98 Å². The van der Waals surface area contributed by atoms with Gasteiger partial charge in [0.25, 0.3) is 0 Å². The molecule has 0 unspecified atom stereocenters. The second-order valence-electron chi connectivity index (χ2n) is 5.14. The molecule has 0 saturated heterocycles. The van der Waals surface area contributed by atoms with Crippen molar-refractivity contribution in [3.8, 4) is 0 Å². The van der Waals surface area contributed by atoms with Crippen LogP contribution >= 0.6 is 0 Å². The van der Waals surface area contributed by atoms with Gasteiger partial charge in [0.15, 0.2) is 0 Å². The normalized spacial score (nSPS) is 17.7. The summed E-state index contributed by atoms with van der Waals surface area (Å²) < 4.78 is 0. The van der Waals surface area contributed by atoms with Gasteiger partial charge in [0, 0.05) is 17.1 Å². The quantitative estimate of drug-likeness (QED) is 0.775. The van der Waals surface area contributed by atoms with Crippen molar-refractivity contribution in [1.29, 1.82) is 0 Å². The maximum Gasteiger partial charge on any atom is 0.0724 e. The lowest BCUT2D eigenvalue weighted by atomic mass is 9.78. The van der Waals surface area contributed by atoms with Crippen LogP contribution in [0, 0.1) is 0 Å². The Hall–Kier alpha value is -1.77. The number of hydrogen-bond donors (Lipinski definition) is 2. The third-order valence-corrected chi connectivity index (χ3v) is 3.72. The third-order valence-electron chi connectivity index (χ3n) is 3.72. The molecule has 0 aliphatic heterocycles. The number of hydrogen-bond acceptors (Lipinski definition) is 3. The minimum Gasteiger partial charge on any atom is -0.397 e. The smallest absolute Gasteiger partial charge is 0.0724 e. The van der Waals surface area contributed by atoms with Crippen LogP contribution in [0.4, 0.5) is 11.4 Å². The molecule has 3 N–H and O–H groups in total. The molecular formula is C14H17N3. The average molecular weight is 227 g/mol. The predicted octanol–water partition coefficient (Wildman–Crippen LogP) is 3.17. The van der Waals surface area contributed by atoms with Gasteiger partial charge < -0.3 is 11.1 Å². The molecule has 1 aliphatic rings. The van der Waals surface area contributed by atoms with Crippen LogP contribution in [0.1, 0.15) is 26.2 Å². The van der Waals surface area contributed by atoms with Gasteiger partial charge in [-0.2, -0.15) is 0 Å². The number of aromatic nitrogens is 1. The van der Waals surface area contributed by atoms with Crippen molar-refractivity contribution in [3.63, 3.8) is 0 Å². The molecule has 3 rings (SSSR count). The third kappa shape index (κ3) is 1.71. The average Bonchev–Trinajstić information content (AvgIpc) is 2.31. The highest BCUT2D eigenvalue weighted by molar-refractivity contribution is 5.96. The van der Waals surface area contributed by atoms with Crippen molar-refractivity contribution in [2.45, 2.75) is 31.7 Å². The van der Waals surface area contributed by atoms with Gasteiger partial charge in [-0.15, -0.1) is 0 Å². The van der Waals surface area contributed by atoms with E-state index in [-0.39, 0.29) is 5.54 Å². The van der Waals surface area contributed by atoms with Crippen LogP contribution in [0.2, 0.25) is 0 Å². The second kappa shape index (κ2) is 3.62. The van der Waals surface area contributed by atoms with E-state index in [1.807, 2.05) is 24.3 Å². The molecule has 3 nitrogen and oxygen atoms in total. The Morgan fingerprint density at radius 1 is 1.29 bits per heavy atom. The highest BCUT2D eigenvalue weighted by Crippen LogP contribution is 2.37. The maximum atomic E-state index is 6.20. The fraction of sp³-hybridized carbons (Fsp3) is 0.357. The molecule has 0 amide bonds. The first kappa shape index (κ1) is 10.4. The highest BCUT2D eigenvalue weighted by atomic mass is 15.0. The molecule has 88 valence electrons. The van der Waals surface area contributed by atoms with Crippen molar-refractivity contribution in [1.82, 2.24) is 4.98 Å². The number of nitrogens with zero attached hydrogens (tertiary/aromatic N) is 1. The minimum atomic E-state index is 0.226. The maximum absolute atomic E-state index is 6.20. The van der Waals surface area contributed by atoms with E-state index in [0.29, 0.717) is 0 Å².